The van der Waals surface area contributed by atoms with E-state index in [2.05, 4.69) is 0 Å². The third kappa shape index (κ3) is 4.62. The molecule has 1 aliphatic heterocycles. The standard InChI is InChI=1S/C28H26ClNO6/c1-4-35-20-8-6-7-18(14-20)26(32)24-25(17-9-12-22(31)23(15-17)36-5-2)30(28(34)27(24)33)21-11-10-19(29)13-16(21)3/h6-15,25,31-32H,4-5H2,1-3H3/b26-24+. The van der Waals surface area contributed by atoms with Gasteiger partial charge in [0.2, 0.25) is 0 Å². The van der Waals surface area contributed by atoms with Crippen LogP contribution in [-0.4, -0.2) is 35.1 Å². The van der Waals surface area contributed by atoms with Crippen molar-refractivity contribution in [2.24, 2.45) is 0 Å². The van der Waals surface area contributed by atoms with E-state index in [1.807, 2.05) is 6.92 Å². The minimum absolute atomic E-state index is 0.0790. The lowest BCUT2D eigenvalue weighted by Crippen LogP contribution is -2.30. The number of phenolic OH excluding ortho intramolecular Hbond substituents is 1. The van der Waals surface area contributed by atoms with Gasteiger partial charge in [0, 0.05) is 16.3 Å². The first-order valence-electron chi connectivity index (χ1n) is 11.5. The zero-order chi connectivity index (χ0) is 26.0. The Balaban J connectivity index is 1.97. The summed E-state index contributed by atoms with van der Waals surface area (Å²) in [6.45, 7) is 6.13. The quantitative estimate of drug-likeness (QED) is 0.239. The molecule has 3 aromatic rings. The maximum atomic E-state index is 13.4. The van der Waals surface area contributed by atoms with Gasteiger partial charge < -0.3 is 19.7 Å². The second-order valence-corrected chi connectivity index (χ2v) is 8.66. The molecule has 36 heavy (non-hydrogen) atoms. The van der Waals surface area contributed by atoms with Crippen molar-refractivity contribution in [2.45, 2.75) is 26.8 Å². The predicted molar refractivity (Wildman–Crippen MR) is 138 cm³/mol. The summed E-state index contributed by atoms with van der Waals surface area (Å²) >= 11 is 6.14. The van der Waals surface area contributed by atoms with Gasteiger partial charge in [-0.05, 0) is 74.4 Å². The lowest BCUT2D eigenvalue weighted by atomic mass is 9.94. The minimum Gasteiger partial charge on any atom is -0.507 e. The summed E-state index contributed by atoms with van der Waals surface area (Å²) in [6.07, 6.45) is 0. The molecule has 1 heterocycles. The summed E-state index contributed by atoms with van der Waals surface area (Å²) in [7, 11) is 0. The molecule has 4 rings (SSSR count). The molecule has 1 aliphatic rings. The van der Waals surface area contributed by atoms with Crippen LogP contribution in [0.4, 0.5) is 5.69 Å². The molecule has 1 fully saturated rings. The Kier molecular flexibility index (Phi) is 7.22. The number of nitrogens with zero attached hydrogens (tertiary/aromatic N) is 1. The van der Waals surface area contributed by atoms with Crippen molar-refractivity contribution in [3.05, 3.63) is 87.9 Å². The maximum Gasteiger partial charge on any atom is 0.300 e. The summed E-state index contributed by atoms with van der Waals surface area (Å²) in [6, 6.07) is 15.3. The van der Waals surface area contributed by atoms with E-state index < -0.39 is 17.7 Å². The number of amides is 1. The highest BCUT2D eigenvalue weighted by Gasteiger charge is 2.47. The topological polar surface area (TPSA) is 96.3 Å². The zero-order valence-corrected chi connectivity index (χ0v) is 20.9. The molecule has 0 radical (unpaired) electrons. The van der Waals surface area contributed by atoms with Gasteiger partial charge >= 0.3 is 0 Å². The molecular formula is C28H26ClNO6. The van der Waals surface area contributed by atoms with Gasteiger partial charge in [0.1, 0.15) is 11.5 Å². The van der Waals surface area contributed by atoms with Gasteiger partial charge in [-0.3, -0.25) is 14.5 Å². The van der Waals surface area contributed by atoms with E-state index in [0.29, 0.717) is 46.4 Å². The van der Waals surface area contributed by atoms with Gasteiger partial charge in [-0.2, -0.15) is 0 Å². The van der Waals surface area contributed by atoms with E-state index in [1.54, 1.807) is 68.4 Å². The Morgan fingerprint density at radius 2 is 1.75 bits per heavy atom. The molecule has 3 aromatic carbocycles. The van der Waals surface area contributed by atoms with Crippen LogP contribution in [0.5, 0.6) is 17.2 Å². The summed E-state index contributed by atoms with van der Waals surface area (Å²) in [5.41, 5.74) is 1.88. The van der Waals surface area contributed by atoms with E-state index in [4.69, 9.17) is 21.1 Å². The van der Waals surface area contributed by atoms with Crippen molar-refractivity contribution in [1.82, 2.24) is 0 Å². The molecule has 0 spiro atoms. The lowest BCUT2D eigenvalue weighted by Gasteiger charge is -2.27. The van der Waals surface area contributed by atoms with E-state index in [0.717, 1.165) is 0 Å². The van der Waals surface area contributed by atoms with Crippen LogP contribution in [0.2, 0.25) is 5.02 Å². The number of aromatic hydroxyl groups is 1. The van der Waals surface area contributed by atoms with Crippen LogP contribution in [0, 0.1) is 6.92 Å². The van der Waals surface area contributed by atoms with Gasteiger partial charge in [-0.25, -0.2) is 0 Å². The van der Waals surface area contributed by atoms with Crippen molar-refractivity contribution < 1.29 is 29.3 Å². The van der Waals surface area contributed by atoms with Crippen molar-refractivity contribution in [3.63, 3.8) is 0 Å². The normalized spacial score (nSPS) is 16.9. The van der Waals surface area contributed by atoms with Crippen LogP contribution in [0.1, 0.15) is 36.6 Å². The second-order valence-electron chi connectivity index (χ2n) is 8.22. The molecule has 0 bridgehead atoms. The molecule has 0 aromatic heterocycles. The number of hydrogen-bond donors (Lipinski definition) is 2. The van der Waals surface area contributed by atoms with E-state index in [-0.39, 0.29) is 22.8 Å². The number of carbonyl (C=O) groups is 2. The number of aliphatic hydroxyl groups is 1. The third-order valence-corrected chi connectivity index (χ3v) is 6.12. The van der Waals surface area contributed by atoms with Crippen LogP contribution in [0.15, 0.2) is 66.2 Å². The van der Waals surface area contributed by atoms with Gasteiger partial charge in [0.05, 0.1) is 24.8 Å². The first kappa shape index (κ1) is 25.1. The van der Waals surface area contributed by atoms with Crippen LogP contribution in [-0.2, 0) is 9.59 Å². The fourth-order valence-electron chi connectivity index (χ4n) is 4.31. The first-order valence-corrected chi connectivity index (χ1v) is 11.9. The summed E-state index contributed by atoms with van der Waals surface area (Å²) < 4.78 is 11.1. The smallest absolute Gasteiger partial charge is 0.300 e. The molecule has 8 heteroatoms. The van der Waals surface area contributed by atoms with Crippen molar-refractivity contribution in [1.29, 1.82) is 0 Å². The molecule has 2 N–H and O–H groups in total. The number of hydrogen-bond acceptors (Lipinski definition) is 6. The number of halogens is 1. The van der Waals surface area contributed by atoms with Crippen LogP contribution in [0.25, 0.3) is 5.76 Å². The van der Waals surface area contributed by atoms with E-state index >= 15 is 0 Å². The average molecular weight is 508 g/mol. The zero-order valence-electron chi connectivity index (χ0n) is 20.1. The molecular weight excluding hydrogens is 482 g/mol. The largest absolute Gasteiger partial charge is 0.507 e. The number of ether oxygens (including phenoxy) is 2. The second kappa shape index (κ2) is 10.3. The highest BCUT2D eigenvalue weighted by Crippen LogP contribution is 2.45. The number of rotatable bonds is 7. The van der Waals surface area contributed by atoms with Gasteiger partial charge in [-0.1, -0.05) is 29.8 Å². The van der Waals surface area contributed by atoms with Crippen molar-refractivity contribution >= 4 is 34.7 Å². The number of aliphatic hydroxyl groups excluding tert-OH is 1. The Labute approximate surface area is 214 Å². The Hall–Kier alpha value is -3.97. The number of phenols is 1. The maximum absolute atomic E-state index is 13.4. The van der Waals surface area contributed by atoms with E-state index in [9.17, 15) is 19.8 Å². The van der Waals surface area contributed by atoms with Gasteiger partial charge in [0.15, 0.2) is 11.5 Å². The molecule has 0 saturated carbocycles. The fraction of sp³-hybridized carbons (Fsp3) is 0.214. The molecule has 1 unspecified atom stereocenters. The number of carbonyl (C=O) groups excluding carboxylic acids is 2. The average Bonchev–Trinajstić information content (AvgIpc) is 3.11. The molecule has 186 valence electrons. The minimum atomic E-state index is -0.986. The number of anilines is 1. The predicted octanol–water partition coefficient (Wildman–Crippen LogP) is 5.78. The third-order valence-electron chi connectivity index (χ3n) is 5.88. The summed E-state index contributed by atoms with van der Waals surface area (Å²) in [4.78, 5) is 28.2. The van der Waals surface area contributed by atoms with Gasteiger partial charge in [-0.15, -0.1) is 0 Å². The van der Waals surface area contributed by atoms with Crippen molar-refractivity contribution in [3.8, 4) is 17.2 Å². The fourth-order valence-corrected chi connectivity index (χ4v) is 4.54. The summed E-state index contributed by atoms with van der Waals surface area (Å²) in [5.74, 6) is -1.32. The summed E-state index contributed by atoms with van der Waals surface area (Å²) in [5, 5.41) is 22.1. The highest BCUT2D eigenvalue weighted by molar-refractivity contribution is 6.51. The Morgan fingerprint density at radius 3 is 2.44 bits per heavy atom. The SMILES string of the molecule is CCOc1cccc(/C(O)=C2\C(=O)C(=O)N(c3ccc(Cl)cc3C)C2c2ccc(O)c(OCC)c2)c1. The molecule has 0 aliphatic carbocycles. The molecule has 7 nitrogen and oxygen atoms in total. The first-order chi connectivity index (χ1) is 17.3. The number of Topliss-reactive ketones (excluding diaryl/α,β-unsaturated/α-hetero) is 1. The number of benzene rings is 3. The Bertz CT molecular complexity index is 1370. The number of ketones is 1. The lowest BCUT2D eigenvalue weighted by molar-refractivity contribution is -0.132. The monoisotopic (exact) mass is 507 g/mol. The van der Waals surface area contributed by atoms with Crippen LogP contribution < -0.4 is 14.4 Å². The van der Waals surface area contributed by atoms with Crippen LogP contribution >= 0.6 is 11.6 Å². The molecule has 1 atom stereocenters. The highest BCUT2D eigenvalue weighted by atomic mass is 35.5. The van der Waals surface area contributed by atoms with E-state index in [1.165, 1.54) is 11.0 Å². The van der Waals surface area contributed by atoms with Crippen molar-refractivity contribution in [2.75, 3.05) is 18.1 Å². The Morgan fingerprint density at radius 1 is 1.00 bits per heavy atom. The molecule has 1 saturated heterocycles. The molecule has 1 amide bonds. The van der Waals surface area contributed by atoms with Gasteiger partial charge in [0.25, 0.3) is 11.7 Å². The number of aryl methyl sites for hydroxylation is 1. The van der Waals surface area contributed by atoms with Crippen LogP contribution in [0.3, 0.4) is 0 Å².